The number of carbonyl (C=O) groups is 6. The Morgan fingerprint density at radius 3 is 2.33 bits per heavy atom. The number of rotatable bonds is 6. The molecule has 51 heavy (non-hydrogen) atoms. The van der Waals surface area contributed by atoms with Crippen LogP contribution in [0.25, 0.3) is 10.9 Å². The number of para-hydroxylation sites is 1. The SMILES string of the molecule is Cc1nc2c(C)cccc2cc1C(=O)N[C@H]1C[C@H]2C(=O)N[C@@H](CO)C(=O)N(C)CC(=O)N[C@H](C(C)C)C(=O)N[C@@H](Cc3ccccc3)C(=O)N2C1. The van der Waals surface area contributed by atoms with Crippen molar-refractivity contribution in [1.29, 1.82) is 0 Å². The molecule has 2 aliphatic heterocycles. The second-order valence-electron chi connectivity index (χ2n) is 13.7. The summed E-state index contributed by atoms with van der Waals surface area (Å²) in [6.07, 6.45) is 0.0687. The Morgan fingerprint density at radius 2 is 1.65 bits per heavy atom. The number of aliphatic hydroxyl groups is 1. The Kier molecular flexibility index (Phi) is 11.3. The van der Waals surface area contributed by atoms with E-state index in [1.807, 2.05) is 43.3 Å². The van der Waals surface area contributed by atoms with Gasteiger partial charge in [0.15, 0.2) is 0 Å². The fraction of sp³-hybridized carbons (Fsp3) is 0.432. The molecule has 0 saturated carbocycles. The van der Waals surface area contributed by atoms with Gasteiger partial charge in [0.1, 0.15) is 24.2 Å². The van der Waals surface area contributed by atoms with Crippen LogP contribution in [0.2, 0.25) is 0 Å². The van der Waals surface area contributed by atoms with Gasteiger partial charge in [0.2, 0.25) is 29.5 Å². The maximum absolute atomic E-state index is 14.5. The number of aryl methyl sites for hydroxylation is 2. The van der Waals surface area contributed by atoms with E-state index in [0.29, 0.717) is 11.3 Å². The van der Waals surface area contributed by atoms with E-state index in [-0.39, 0.29) is 25.3 Å². The summed E-state index contributed by atoms with van der Waals surface area (Å²) in [6, 6.07) is 11.0. The zero-order valence-corrected chi connectivity index (χ0v) is 29.4. The number of nitrogens with one attached hydrogen (secondary N) is 4. The van der Waals surface area contributed by atoms with Crippen LogP contribution in [0.3, 0.4) is 0 Å². The lowest BCUT2D eigenvalue weighted by Crippen LogP contribution is -2.58. The molecule has 14 nitrogen and oxygen atoms in total. The molecule has 3 heterocycles. The third-order valence-electron chi connectivity index (χ3n) is 9.42. The standard InChI is InChI=1S/C37H45N7O7/c1-20(2)31-35(49)40-27(14-23-11-7-6-8-12-23)37(51)44-17-25(39-33(47)26-15-24-13-9-10-21(3)32(24)38-22(26)4)16-29(44)34(48)41-28(19-45)36(50)43(5)18-30(46)42-31/h6-13,15,20,25,27-29,31,45H,14,16-19H2,1-5H3,(H,39,47)(H,40,49)(H,41,48)(H,42,46)/t25-,27-,28-,29-,31+/m0/s1. The number of benzene rings is 2. The largest absolute Gasteiger partial charge is 0.394 e. The van der Waals surface area contributed by atoms with Crippen LogP contribution in [0, 0.1) is 19.8 Å². The second-order valence-corrected chi connectivity index (χ2v) is 13.7. The highest BCUT2D eigenvalue weighted by atomic mass is 16.3. The van der Waals surface area contributed by atoms with E-state index in [0.717, 1.165) is 26.9 Å². The fourth-order valence-electron chi connectivity index (χ4n) is 6.64. The van der Waals surface area contributed by atoms with Gasteiger partial charge in [-0.05, 0) is 43.4 Å². The van der Waals surface area contributed by atoms with E-state index in [4.69, 9.17) is 0 Å². The number of fused-ring (bicyclic) bond motifs is 2. The predicted molar refractivity (Wildman–Crippen MR) is 188 cm³/mol. The van der Waals surface area contributed by atoms with Gasteiger partial charge < -0.3 is 36.2 Å². The zero-order valence-electron chi connectivity index (χ0n) is 29.4. The van der Waals surface area contributed by atoms with Crippen LogP contribution in [0.15, 0.2) is 54.6 Å². The normalized spacial score (nSPS) is 23.7. The summed E-state index contributed by atoms with van der Waals surface area (Å²) in [4.78, 5) is 89.1. The number of likely N-dealkylation sites (N-methyl/N-ethyl adjacent to an activating group) is 1. The molecule has 5 N–H and O–H groups in total. The third-order valence-corrected chi connectivity index (χ3v) is 9.42. The van der Waals surface area contributed by atoms with Gasteiger partial charge in [-0.3, -0.25) is 33.8 Å². The number of aliphatic hydroxyl groups excluding tert-OH is 1. The molecule has 3 aromatic rings. The first-order valence-corrected chi connectivity index (χ1v) is 17.1. The minimum absolute atomic E-state index is 0.00861. The quantitative estimate of drug-likeness (QED) is 0.244. The second kappa shape index (κ2) is 15.7. The fourth-order valence-corrected chi connectivity index (χ4v) is 6.64. The van der Waals surface area contributed by atoms with E-state index in [1.165, 1.54) is 11.9 Å². The van der Waals surface area contributed by atoms with Gasteiger partial charge in [-0.25, -0.2) is 0 Å². The van der Waals surface area contributed by atoms with Crippen LogP contribution in [-0.4, -0.2) is 112 Å². The first-order valence-electron chi connectivity index (χ1n) is 17.1. The van der Waals surface area contributed by atoms with Crippen LogP contribution in [0.4, 0.5) is 0 Å². The molecule has 0 unspecified atom stereocenters. The van der Waals surface area contributed by atoms with Crippen LogP contribution in [0.5, 0.6) is 0 Å². The maximum Gasteiger partial charge on any atom is 0.253 e. The summed E-state index contributed by atoms with van der Waals surface area (Å²) in [5.41, 5.74) is 3.36. The highest BCUT2D eigenvalue weighted by molar-refractivity contribution is 6.00. The van der Waals surface area contributed by atoms with Crippen molar-refractivity contribution in [2.45, 2.75) is 70.7 Å². The monoisotopic (exact) mass is 699 g/mol. The summed E-state index contributed by atoms with van der Waals surface area (Å²) in [5.74, 6) is -4.11. The minimum Gasteiger partial charge on any atom is -0.394 e. The molecule has 2 fully saturated rings. The first-order chi connectivity index (χ1) is 24.3. The highest BCUT2D eigenvalue weighted by Crippen LogP contribution is 2.24. The van der Waals surface area contributed by atoms with Crippen molar-refractivity contribution >= 4 is 46.3 Å². The molecule has 0 spiro atoms. The third kappa shape index (κ3) is 8.34. The lowest BCUT2D eigenvalue weighted by molar-refractivity contribution is -0.143. The number of amides is 6. The van der Waals surface area contributed by atoms with Gasteiger partial charge in [0, 0.05) is 31.4 Å². The Hall–Kier alpha value is -5.37. The van der Waals surface area contributed by atoms with E-state index in [9.17, 15) is 33.9 Å². The number of aromatic nitrogens is 1. The summed E-state index contributed by atoms with van der Waals surface area (Å²) >= 11 is 0. The molecule has 270 valence electrons. The van der Waals surface area contributed by atoms with Gasteiger partial charge in [-0.1, -0.05) is 62.4 Å². The topological polar surface area (TPSA) is 190 Å². The highest BCUT2D eigenvalue weighted by Gasteiger charge is 2.44. The molecule has 0 radical (unpaired) electrons. The van der Waals surface area contributed by atoms with Gasteiger partial charge >= 0.3 is 0 Å². The van der Waals surface area contributed by atoms with Crippen LogP contribution in [-0.2, 0) is 30.4 Å². The van der Waals surface area contributed by atoms with Crippen LogP contribution < -0.4 is 21.3 Å². The molecule has 2 aromatic carbocycles. The molecule has 6 amide bonds. The van der Waals surface area contributed by atoms with Crippen molar-refractivity contribution < 1.29 is 33.9 Å². The molecule has 2 saturated heterocycles. The lowest BCUT2D eigenvalue weighted by Gasteiger charge is -2.30. The molecule has 0 bridgehead atoms. The van der Waals surface area contributed by atoms with E-state index >= 15 is 0 Å². The molecular weight excluding hydrogens is 654 g/mol. The van der Waals surface area contributed by atoms with Crippen molar-refractivity contribution in [2.24, 2.45) is 5.92 Å². The number of nitrogens with zero attached hydrogens (tertiary/aromatic N) is 3. The van der Waals surface area contributed by atoms with Crippen molar-refractivity contribution in [1.82, 2.24) is 36.1 Å². The minimum atomic E-state index is -1.42. The Balaban J connectivity index is 1.50. The molecule has 1 aromatic heterocycles. The number of hydrogen-bond donors (Lipinski definition) is 5. The molecule has 0 aliphatic carbocycles. The first kappa shape index (κ1) is 36.9. The van der Waals surface area contributed by atoms with Crippen molar-refractivity contribution in [3.05, 3.63) is 77.0 Å². The Morgan fingerprint density at radius 1 is 0.941 bits per heavy atom. The lowest BCUT2D eigenvalue weighted by atomic mass is 10.0. The molecule has 14 heteroatoms. The van der Waals surface area contributed by atoms with E-state index < -0.39 is 78.8 Å². The van der Waals surface area contributed by atoms with Crippen LogP contribution >= 0.6 is 0 Å². The zero-order chi connectivity index (χ0) is 37.0. The molecule has 5 atom stereocenters. The van der Waals surface area contributed by atoms with Gasteiger partial charge in [0.25, 0.3) is 5.91 Å². The molecular formula is C37H45N7O7. The summed E-state index contributed by atoms with van der Waals surface area (Å²) in [5, 5.41) is 21.9. The average molecular weight is 700 g/mol. The average Bonchev–Trinajstić information content (AvgIpc) is 3.52. The van der Waals surface area contributed by atoms with Crippen molar-refractivity contribution in [3.63, 3.8) is 0 Å². The molecule has 5 rings (SSSR count). The predicted octanol–water partition coefficient (Wildman–Crippen LogP) is 0.368. The number of carbonyl (C=O) groups excluding carboxylic acids is 6. The van der Waals surface area contributed by atoms with E-state index in [1.54, 1.807) is 39.0 Å². The summed E-state index contributed by atoms with van der Waals surface area (Å²) in [7, 11) is 1.34. The number of hydrogen-bond acceptors (Lipinski definition) is 8. The van der Waals surface area contributed by atoms with Crippen molar-refractivity contribution in [3.8, 4) is 0 Å². The van der Waals surface area contributed by atoms with Crippen LogP contribution in [0.1, 0.15) is 47.4 Å². The number of pyridine rings is 1. The maximum atomic E-state index is 14.5. The summed E-state index contributed by atoms with van der Waals surface area (Å²) in [6.45, 7) is 5.87. The molecule has 2 aliphatic rings. The van der Waals surface area contributed by atoms with Gasteiger partial charge in [-0.15, -0.1) is 0 Å². The Labute approximate surface area is 296 Å². The smallest absolute Gasteiger partial charge is 0.253 e. The Bertz CT molecular complexity index is 1830. The van der Waals surface area contributed by atoms with Gasteiger partial charge in [-0.2, -0.15) is 0 Å². The summed E-state index contributed by atoms with van der Waals surface area (Å²) < 4.78 is 0. The van der Waals surface area contributed by atoms with Gasteiger partial charge in [0.05, 0.1) is 29.9 Å². The van der Waals surface area contributed by atoms with E-state index in [2.05, 4.69) is 26.3 Å². The van der Waals surface area contributed by atoms with Crippen molar-refractivity contribution in [2.75, 3.05) is 26.7 Å².